The molecule has 0 unspecified atom stereocenters. The summed E-state index contributed by atoms with van der Waals surface area (Å²) in [6.07, 6.45) is 9.81. The van der Waals surface area contributed by atoms with E-state index in [-0.39, 0.29) is 6.42 Å². The molecule has 0 aliphatic carbocycles. The predicted molar refractivity (Wildman–Crippen MR) is 179 cm³/mol. The van der Waals surface area contributed by atoms with E-state index in [1.165, 1.54) is 70.6 Å². The highest BCUT2D eigenvalue weighted by molar-refractivity contribution is 7.55. The summed E-state index contributed by atoms with van der Waals surface area (Å²) in [5.74, 6) is -4.63. The fourth-order valence-electron chi connectivity index (χ4n) is 5.74. The molecule has 0 fully saturated rings. The van der Waals surface area contributed by atoms with Crippen LogP contribution in [0, 0.1) is 5.92 Å². The van der Waals surface area contributed by atoms with E-state index in [4.69, 9.17) is 13.8 Å². The first kappa shape index (κ1) is 44.1. The van der Waals surface area contributed by atoms with E-state index in [1.807, 2.05) is 0 Å². The van der Waals surface area contributed by atoms with E-state index in [9.17, 15) is 27.3 Å². The Morgan fingerprint density at radius 3 is 1.75 bits per heavy atom. The van der Waals surface area contributed by atoms with E-state index < -0.39 is 74.1 Å². The number of alkyl halides is 5. The number of carbonyl (C=O) groups excluding carboxylic acids is 2. The average molecular weight is 711 g/mol. The lowest BCUT2D eigenvalue weighted by Crippen LogP contribution is -2.54. The van der Waals surface area contributed by atoms with Crippen molar-refractivity contribution >= 4 is 19.2 Å². The van der Waals surface area contributed by atoms with Crippen molar-refractivity contribution in [3.8, 4) is 0 Å². The van der Waals surface area contributed by atoms with Crippen molar-refractivity contribution in [1.82, 2.24) is 0 Å². The first-order valence-electron chi connectivity index (χ1n) is 17.4. The molecule has 1 aromatic carbocycles. The van der Waals surface area contributed by atoms with E-state index in [2.05, 4.69) is 19.1 Å². The molecule has 0 aliphatic rings. The van der Waals surface area contributed by atoms with Gasteiger partial charge in [0.2, 0.25) is 5.60 Å². The third-order valence-corrected chi connectivity index (χ3v) is 10.5. The van der Waals surface area contributed by atoms with Gasteiger partial charge in [-0.2, -0.15) is 22.0 Å². The van der Waals surface area contributed by atoms with Crippen LogP contribution < -0.4 is 0 Å². The third kappa shape index (κ3) is 13.8. The normalized spacial score (nSPS) is 14.7. The Bertz CT molecular complexity index is 1120. The molecule has 6 nitrogen and oxygen atoms in total. The molecule has 0 amide bonds. The number of methoxy groups -OCH3 is 1. The summed E-state index contributed by atoms with van der Waals surface area (Å²) < 4.78 is 103. The lowest BCUT2D eigenvalue weighted by molar-refractivity contribution is -0.267. The predicted octanol–water partition coefficient (Wildman–Crippen LogP) is 11.5. The van der Waals surface area contributed by atoms with Crippen LogP contribution in [0.1, 0.15) is 129 Å². The number of benzene rings is 1. The van der Waals surface area contributed by atoms with Crippen molar-refractivity contribution in [3.05, 3.63) is 48.0 Å². The van der Waals surface area contributed by atoms with Crippen LogP contribution in [0.5, 0.6) is 0 Å². The minimum Gasteiger partial charge on any atom is -0.358 e. The highest BCUT2D eigenvalue weighted by Gasteiger charge is 2.65. The van der Waals surface area contributed by atoms with Gasteiger partial charge in [-0.25, -0.2) is 0 Å². The lowest BCUT2D eigenvalue weighted by Gasteiger charge is -2.37. The minimum absolute atomic E-state index is 0.0978. The van der Waals surface area contributed by atoms with Crippen molar-refractivity contribution < 1.29 is 49.9 Å². The standard InChI is InChI=1S/C36H56F5O6P/c1-5-8-9-10-11-12-13-14-15-16-17-18-19-20-24-27-32(42)28-30(29-34(37,38)48(44,46-6-2)47-7-3)33(43)35(45-4,36(39,40)41)31-25-22-21-23-26-31/h14-15,21-23,25-26,30H,5-13,16-20,24,27-29H2,1-4H3/t30-,35+/m1/s1. The topological polar surface area (TPSA) is 78.9 Å². The minimum atomic E-state index is -5.37. The molecule has 0 N–H and O–H groups in total. The van der Waals surface area contributed by atoms with Gasteiger partial charge in [0.05, 0.1) is 13.2 Å². The Kier molecular flexibility index (Phi) is 20.9. The molecular formula is C36H56F5O6P. The number of Topliss-reactive ketones (excluding diaryl/α,β-unsaturated/α-hetero) is 2. The maximum atomic E-state index is 15.6. The molecule has 12 heteroatoms. The quantitative estimate of drug-likeness (QED) is 0.0373. The zero-order chi connectivity index (χ0) is 36.1. The van der Waals surface area contributed by atoms with Crippen LogP contribution in [0.3, 0.4) is 0 Å². The van der Waals surface area contributed by atoms with E-state index in [0.717, 1.165) is 44.2 Å². The summed E-state index contributed by atoms with van der Waals surface area (Å²) >= 11 is 0. The van der Waals surface area contributed by atoms with Crippen molar-refractivity contribution in [1.29, 1.82) is 0 Å². The van der Waals surface area contributed by atoms with Crippen LogP contribution >= 0.6 is 7.60 Å². The zero-order valence-electron chi connectivity index (χ0n) is 29.1. The van der Waals surface area contributed by atoms with E-state index >= 15 is 8.78 Å². The fourth-order valence-corrected chi connectivity index (χ4v) is 7.32. The first-order valence-corrected chi connectivity index (χ1v) is 19.0. The summed E-state index contributed by atoms with van der Waals surface area (Å²) in [6, 6.07) is 5.93. The molecule has 2 atom stereocenters. The van der Waals surface area contributed by atoms with Crippen LogP contribution in [-0.2, 0) is 33.5 Å². The fraction of sp³-hybridized carbons (Fsp3) is 0.722. The molecule has 0 saturated heterocycles. The molecule has 0 spiro atoms. The van der Waals surface area contributed by atoms with Crippen molar-refractivity contribution in [2.24, 2.45) is 5.92 Å². The highest BCUT2D eigenvalue weighted by atomic mass is 31.2. The number of hydrogen-bond acceptors (Lipinski definition) is 6. The van der Waals surface area contributed by atoms with Gasteiger partial charge in [0.25, 0.3) is 0 Å². The van der Waals surface area contributed by atoms with Crippen LogP contribution in [-0.4, -0.2) is 43.7 Å². The SMILES string of the molecule is CCCCCCCCC=CCCCCCCCC(=O)C[C@H](CC(F)(F)P(=O)(OCC)OCC)C(=O)[C@@](OC)(c1ccccc1)C(F)(F)F. The zero-order valence-corrected chi connectivity index (χ0v) is 30.0. The van der Waals surface area contributed by atoms with Gasteiger partial charge >= 0.3 is 19.4 Å². The molecule has 48 heavy (non-hydrogen) atoms. The molecule has 0 bridgehead atoms. The van der Waals surface area contributed by atoms with Crippen LogP contribution in [0.25, 0.3) is 0 Å². The van der Waals surface area contributed by atoms with Gasteiger partial charge in [0.1, 0.15) is 5.78 Å². The second-order valence-electron chi connectivity index (χ2n) is 12.1. The van der Waals surface area contributed by atoms with Gasteiger partial charge in [-0.3, -0.25) is 14.2 Å². The monoisotopic (exact) mass is 710 g/mol. The Balaban J connectivity index is 2.93. The Morgan fingerprint density at radius 1 is 0.771 bits per heavy atom. The molecular weight excluding hydrogens is 654 g/mol. The number of unbranched alkanes of at least 4 members (excludes halogenated alkanes) is 11. The van der Waals surface area contributed by atoms with Crippen molar-refractivity contribution in [2.45, 2.75) is 141 Å². The Morgan fingerprint density at radius 2 is 1.27 bits per heavy atom. The largest absolute Gasteiger partial charge is 0.428 e. The number of rotatable bonds is 28. The van der Waals surface area contributed by atoms with E-state index in [0.29, 0.717) is 20.0 Å². The van der Waals surface area contributed by atoms with E-state index in [1.54, 1.807) is 0 Å². The second-order valence-corrected chi connectivity index (χ2v) is 14.3. The summed E-state index contributed by atoms with van der Waals surface area (Å²) in [5.41, 5.74) is -8.63. The third-order valence-electron chi connectivity index (χ3n) is 8.29. The summed E-state index contributed by atoms with van der Waals surface area (Å²) in [5, 5.41) is 0. The Labute approximate surface area is 284 Å². The van der Waals surface area contributed by atoms with Gasteiger partial charge in [-0.15, -0.1) is 0 Å². The maximum absolute atomic E-state index is 15.6. The summed E-state index contributed by atoms with van der Waals surface area (Å²) in [4.78, 5) is 26.8. The number of ketones is 2. The summed E-state index contributed by atoms with van der Waals surface area (Å²) in [6.45, 7) is 3.94. The highest BCUT2D eigenvalue weighted by Crippen LogP contribution is 2.64. The van der Waals surface area contributed by atoms with Gasteiger partial charge in [0, 0.05) is 37.9 Å². The molecule has 0 aliphatic heterocycles. The van der Waals surface area contributed by atoms with Crippen molar-refractivity contribution in [3.63, 3.8) is 0 Å². The number of allylic oxidation sites excluding steroid dienone is 2. The number of halogens is 5. The molecule has 0 aromatic heterocycles. The van der Waals surface area contributed by atoms with Crippen LogP contribution in [0.4, 0.5) is 22.0 Å². The summed E-state index contributed by atoms with van der Waals surface area (Å²) in [7, 11) is -4.55. The lowest BCUT2D eigenvalue weighted by atomic mass is 9.78. The molecule has 0 saturated carbocycles. The van der Waals surface area contributed by atoms with Gasteiger partial charge < -0.3 is 13.8 Å². The van der Waals surface area contributed by atoms with Gasteiger partial charge in [-0.1, -0.05) is 101 Å². The van der Waals surface area contributed by atoms with Crippen LogP contribution in [0.15, 0.2) is 42.5 Å². The molecule has 276 valence electrons. The molecule has 1 rings (SSSR count). The number of carbonyl (C=O) groups is 2. The Hall–Kier alpha value is -1.94. The number of ether oxygens (including phenoxy) is 1. The first-order chi connectivity index (χ1) is 22.8. The maximum Gasteiger partial charge on any atom is 0.428 e. The van der Waals surface area contributed by atoms with Crippen LogP contribution in [0.2, 0.25) is 0 Å². The average Bonchev–Trinajstić information content (AvgIpc) is 3.03. The van der Waals surface area contributed by atoms with Crippen molar-refractivity contribution in [2.75, 3.05) is 20.3 Å². The van der Waals surface area contributed by atoms with Gasteiger partial charge in [0.15, 0.2) is 5.78 Å². The number of hydrogen-bond donors (Lipinski definition) is 0. The molecule has 1 aromatic rings. The van der Waals surface area contributed by atoms with Gasteiger partial charge in [-0.05, 0) is 46.0 Å². The smallest absolute Gasteiger partial charge is 0.358 e. The molecule has 0 heterocycles. The molecule has 0 radical (unpaired) electrons. The second kappa shape index (κ2) is 22.7.